The molecule has 0 fully saturated rings. The number of ether oxygens (including phenoxy) is 1. The van der Waals surface area contributed by atoms with Gasteiger partial charge in [-0.05, 0) is 6.92 Å². The predicted molar refractivity (Wildman–Crippen MR) is 71.9 cm³/mol. The first-order chi connectivity index (χ1) is 8.99. The van der Waals surface area contributed by atoms with E-state index in [1.165, 1.54) is 12.6 Å². The maximum atomic E-state index is 11.2. The van der Waals surface area contributed by atoms with Crippen LogP contribution in [0.4, 0.5) is 0 Å². The molecule has 19 heavy (non-hydrogen) atoms. The SMILES string of the molecule is CCOc1ncnc2c1CN(CCS(C)(=O)=O)CC2. The Hall–Kier alpha value is -1.21. The van der Waals surface area contributed by atoms with Gasteiger partial charge in [0.15, 0.2) is 0 Å². The van der Waals surface area contributed by atoms with Gasteiger partial charge in [0.2, 0.25) is 5.88 Å². The first kappa shape index (κ1) is 14.2. The molecule has 2 heterocycles. The highest BCUT2D eigenvalue weighted by Gasteiger charge is 2.22. The zero-order chi connectivity index (χ0) is 13.9. The second kappa shape index (κ2) is 5.83. The summed E-state index contributed by atoms with van der Waals surface area (Å²) in [4.78, 5) is 10.5. The molecule has 1 aliphatic rings. The number of hydrogen-bond donors (Lipinski definition) is 0. The molecule has 2 rings (SSSR count). The van der Waals surface area contributed by atoms with E-state index in [1.54, 1.807) is 0 Å². The summed E-state index contributed by atoms with van der Waals surface area (Å²) >= 11 is 0. The van der Waals surface area contributed by atoms with Gasteiger partial charge in [-0.25, -0.2) is 18.4 Å². The van der Waals surface area contributed by atoms with Gasteiger partial charge >= 0.3 is 0 Å². The Kier molecular flexibility index (Phi) is 4.36. The van der Waals surface area contributed by atoms with E-state index in [0.717, 1.165) is 24.2 Å². The van der Waals surface area contributed by atoms with Gasteiger partial charge < -0.3 is 4.74 Å². The molecule has 106 valence electrons. The maximum Gasteiger partial charge on any atom is 0.221 e. The minimum Gasteiger partial charge on any atom is -0.478 e. The topological polar surface area (TPSA) is 72.4 Å². The lowest BCUT2D eigenvalue weighted by atomic mass is 10.1. The van der Waals surface area contributed by atoms with Crippen molar-refractivity contribution >= 4 is 9.84 Å². The van der Waals surface area contributed by atoms with E-state index < -0.39 is 9.84 Å². The summed E-state index contributed by atoms with van der Waals surface area (Å²) in [5.41, 5.74) is 2.00. The van der Waals surface area contributed by atoms with Crippen LogP contribution in [-0.4, -0.2) is 55.0 Å². The molecule has 0 N–H and O–H groups in total. The monoisotopic (exact) mass is 285 g/mol. The summed E-state index contributed by atoms with van der Waals surface area (Å²) in [5, 5.41) is 0. The highest BCUT2D eigenvalue weighted by Crippen LogP contribution is 2.24. The van der Waals surface area contributed by atoms with Crippen LogP contribution < -0.4 is 4.74 Å². The fourth-order valence-corrected chi connectivity index (χ4v) is 2.71. The molecule has 0 atom stereocenters. The summed E-state index contributed by atoms with van der Waals surface area (Å²) in [6, 6.07) is 0. The van der Waals surface area contributed by atoms with Crippen molar-refractivity contribution in [3.8, 4) is 5.88 Å². The Bertz CT molecular complexity index is 545. The highest BCUT2D eigenvalue weighted by molar-refractivity contribution is 7.90. The molecular weight excluding hydrogens is 266 g/mol. The first-order valence-electron chi connectivity index (χ1n) is 6.35. The highest BCUT2D eigenvalue weighted by atomic mass is 32.2. The van der Waals surface area contributed by atoms with E-state index in [4.69, 9.17) is 4.74 Å². The lowest BCUT2D eigenvalue weighted by Gasteiger charge is -2.28. The standard InChI is InChI=1S/C12H19N3O3S/c1-3-18-12-10-8-15(6-7-19(2,16)17)5-4-11(10)13-9-14-12/h9H,3-8H2,1-2H3. The number of hydrogen-bond acceptors (Lipinski definition) is 6. The third kappa shape index (κ3) is 3.87. The van der Waals surface area contributed by atoms with Gasteiger partial charge in [0, 0.05) is 37.9 Å². The molecule has 0 amide bonds. The zero-order valence-electron chi connectivity index (χ0n) is 11.3. The number of rotatable bonds is 5. The predicted octanol–water partition coefficient (Wildman–Crippen LogP) is 0.278. The molecule has 0 spiro atoms. The maximum absolute atomic E-state index is 11.2. The van der Waals surface area contributed by atoms with Crippen LogP contribution in [0.25, 0.3) is 0 Å². The molecule has 6 nitrogen and oxygen atoms in total. The molecular formula is C12H19N3O3S. The number of sulfone groups is 1. The van der Waals surface area contributed by atoms with Crippen LogP contribution in [0.1, 0.15) is 18.2 Å². The van der Waals surface area contributed by atoms with Gasteiger partial charge in [-0.1, -0.05) is 0 Å². The third-order valence-electron chi connectivity index (χ3n) is 3.10. The third-order valence-corrected chi connectivity index (χ3v) is 4.03. The average Bonchev–Trinajstić information content (AvgIpc) is 2.36. The molecule has 0 radical (unpaired) electrons. The van der Waals surface area contributed by atoms with Crippen LogP contribution in [0.2, 0.25) is 0 Å². The van der Waals surface area contributed by atoms with E-state index in [1.807, 2.05) is 6.92 Å². The Morgan fingerprint density at radius 2 is 2.21 bits per heavy atom. The smallest absolute Gasteiger partial charge is 0.221 e. The molecule has 0 aromatic carbocycles. The van der Waals surface area contributed by atoms with E-state index in [-0.39, 0.29) is 5.75 Å². The lowest BCUT2D eigenvalue weighted by molar-refractivity contribution is 0.250. The molecule has 1 aromatic heterocycles. The summed E-state index contributed by atoms with van der Waals surface area (Å²) in [7, 11) is -2.93. The second-order valence-corrected chi connectivity index (χ2v) is 6.95. The fourth-order valence-electron chi connectivity index (χ4n) is 2.12. The molecule has 1 aliphatic heterocycles. The molecule has 0 aliphatic carbocycles. The molecule has 0 bridgehead atoms. The molecule has 1 aromatic rings. The van der Waals surface area contributed by atoms with Crippen LogP contribution in [0, 0.1) is 0 Å². The van der Waals surface area contributed by atoms with Crippen molar-refractivity contribution in [3.05, 3.63) is 17.6 Å². The molecule has 0 unspecified atom stereocenters. The number of fused-ring (bicyclic) bond motifs is 1. The normalized spacial score (nSPS) is 16.1. The largest absolute Gasteiger partial charge is 0.478 e. The summed E-state index contributed by atoms with van der Waals surface area (Å²) in [6.07, 6.45) is 3.59. The Morgan fingerprint density at radius 3 is 2.89 bits per heavy atom. The van der Waals surface area contributed by atoms with Gasteiger partial charge in [0.05, 0.1) is 18.1 Å². The zero-order valence-corrected chi connectivity index (χ0v) is 12.1. The van der Waals surface area contributed by atoms with E-state index in [9.17, 15) is 8.42 Å². The number of nitrogens with zero attached hydrogens (tertiary/aromatic N) is 3. The summed E-state index contributed by atoms with van der Waals surface area (Å²) < 4.78 is 27.9. The Labute approximate surface area is 113 Å². The van der Waals surface area contributed by atoms with Gasteiger partial charge in [-0.15, -0.1) is 0 Å². The second-order valence-electron chi connectivity index (χ2n) is 4.69. The summed E-state index contributed by atoms with van der Waals surface area (Å²) in [6.45, 7) is 4.50. The van der Waals surface area contributed by atoms with E-state index >= 15 is 0 Å². The Balaban J connectivity index is 2.09. The minimum absolute atomic E-state index is 0.181. The van der Waals surface area contributed by atoms with Crippen molar-refractivity contribution in [2.45, 2.75) is 19.9 Å². The van der Waals surface area contributed by atoms with Crippen molar-refractivity contribution in [1.29, 1.82) is 0 Å². The molecule has 7 heteroatoms. The minimum atomic E-state index is -2.93. The van der Waals surface area contributed by atoms with Crippen LogP contribution in [-0.2, 0) is 22.8 Å². The van der Waals surface area contributed by atoms with Gasteiger partial charge in [0.25, 0.3) is 0 Å². The van der Waals surface area contributed by atoms with Crippen molar-refractivity contribution in [2.75, 3.05) is 31.7 Å². The van der Waals surface area contributed by atoms with Gasteiger partial charge in [0.1, 0.15) is 16.2 Å². The fraction of sp³-hybridized carbons (Fsp3) is 0.667. The van der Waals surface area contributed by atoms with Crippen LogP contribution in [0.3, 0.4) is 0 Å². The van der Waals surface area contributed by atoms with Crippen molar-refractivity contribution in [3.63, 3.8) is 0 Å². The molecule has 0 saturated heterocycles. The van der Waals surface area contributed by atoms with Gasteiger partial charge in [-0.2, -0.15) is 0 Å². The van der Waals surface area contributed by atoms with Crippen molar-refractivity contribution < 1.29 is 13.2 Å². The average molecular weight is 285 g/mol. The van der Waals surface area contributed by atoms with Crippen molar-refractivity contribution in [1.82, 2.24) is 14.9 Å². The van der Waals surface area contributed by atoms with E-state index in [0.29, 0.717) is 25.6 Å². The quantitative estimate of drug-likeness (QED) is 0.773. The Morgan fingerprint density at radius 1 is 1.42 bits per heavy atom. The van der Waals surface area contributed by atoms with E-state index in [2.05, 4.69) is 14.9 Å². The van der Waals surface area contributed by atoms with Crippen LogP contribution in [0.5, 0.6) is 5.88 Å². The number of aromatic nitrogens is 2. The van der Waals surface area contributed by atoms with Gasteiger partial charge in [-0.3, -0.25) is 4.90 Å². The first-order valence-corrected chi connectivity index (χ1v) is 8.41. The molecule has 0 saturated carbocycles. The van der Waals surface area contributed by atoms with Crippen molar-refractivity contribution in [2.24, 2.45) is 0 Å². The summed E-state index contributed by atoms with van der Waals surface area (Å²) in [5.74, 6) is 0.802. The van der Waals surface area contributed by atoms with Crippen LogP contribution >= 0.6 is 0 Å². The van der Waals surface area contributed by atoms with Crippen LogP contribution in [0.15, 0.2) is 6.33 Å². The lowest BCUT2D eigenvalue weighted by Crippen LogP contribution is -2.35.